The predicted octanol–water partition coefficient (Wildman–Crippen LogP) is 0.00800. The number of likely N-dealkylation sites (N-methyl/N-ethyl adjacent to an activating group) is 1. The number of carbonyl (C=O) groups excluding carboxylic acids is 1. The van der Waals surface area contributed by atoms with E-state index in [1.807, 2.05) is 0 Å². The van der Waals surface area contributed by atoms with Crippen LogP contribution >= 0.6 is 11.6 Å². The van der Waals surface area contributed by atoms with Gasteiger partial charge < -0.3 is 10.6 Å². The van der Waals surface area contributed by atoms with Crippen LogP contribution in [-0.2, 0) is 4.79 Å². The third kappa shape index (κ3) is 3.49. The third-order valence-electron chi connectivity index (χ3n) is 3.73. The Labute approximate surface area is 138 Å². The number of halogens is 1. The van der Waals surface area contributed by atoms with Gasteiger partial charge in [-0.1, -0.05) is 11.6 Å². The minimum atomic E-state index is -0.495. The van der Waals surface area contributed by atoms with E-state index in [1.54, 1.807) is 36.4 Å². The maximum absolute atomic E-state index is 12.4. The van der Waals surface area contributed by atoms with Crippen molar-refractivity contribution in [2.45, 2.75) is 6.04 Å². The summed E-state index contributed by atoms with van der Waals surface area (Å²) in [5, 5.41) is 6.28. The summed E-state index contributed by atoms with van der Waals surface area (Å²) in [6, 6.07) is 1.15. The largest absolute Gasteiger partial charge is 0.357 e. The Hall–Kier alpha value is -2.03. The lowest BCUT2D eigenvalue weighted by atomic mass is 10.1. The molecule has 3 heterocycles. The molecule has 1 atom stereocenters. The van der Waals surface area contributed by atoms with Crippen molar-refractivity contribution in [2.75, 3.05) is 33.2 Å². The van der Waals surface area contributed by atoms with Crippen LogP contribution in [0.1, 0.15) is 11.7 Å². The van der Waals surface area contributed by atoms with Gasteiger partial charge in [0.1, 0.15) is 17.5 Å². The van der Waals surface area contributed by atoms with Crippen LogP contribution < -0.4 is 10.6 Å². The number of nitrogens with one attached hydrogen (secondary N) is 2. The number of amides is 1. The third-order valence-corrected chi connectivity index (χ3v) is 3.92. The molecule has 3 rings (SSSR count). The van der Waals surface area contributed by atoms with E-state index in [-0.39, 0.29) is 5.91 Å². The molecule has 2 aromatic heterocycles. The lowest BCUT2D eigenvalue weighted by Gasteiger charge is -2.33. The van der Waals surface area contributed by atoms with Crippen LogP contribution in [0, 0.1) is 0 Å². The number of nitrogens with zero attached hydrogens (tertiary/aromatic N) is 5. The molecule has 2 aromatic rings. The van der Waals surface area contributed by atoms with Crippen LogP contribution in [0.15, 0.2) is 24.8 Å². The van der Waals surface area contributed by atoms with Crippen molar-refractivity contribution < 1.29 is 4.79 Å². The first-order chi connectivity index (χ1) is 11.2. The Morgan fingerprint density at radius 2 is 2.17 bits per heavy atom. The number of imidazole rings is 1. The molecule has 0 aromatic carbocycles. The molecule has 1 aliphatic heterocycles. The Morgan fingerprint density at radius 1 is 1.39 bits per heavy atom. The maximum Gasteiger partial charge on any atom is 0.243 e. The molecule has 0 spiro atoms. The molecule has 0 radical (unpaired) electrons. The summed E-state index contributed by atoms with van der Waals surface area (Å²) in [5.74, 6) is 0.285. The lowest BCUT2D eigenvalue weighted by Crippen LogP contribution is -2.49. The number of piperazine rings is 1. The molecular formula is C14H18ClN7O. The van der Waals surface area contributed by atoms with Crippen LogP contribution in [0.25, 0.3) is 5.95 Å². The molecule has 1 aliphatic rings. The average molecular weight is 336 g/mol. The number of rotatable bonds is 4. The molecule has 0 aliphatic carbocycles. The Balaban J connectivity index is 1.99. The van der Waals surface area contributed by atoms with Crippen molar-refractivity contribution in [1.82, 2.24) is 35.1 Å². The number of carbonyl (C=O) groups is 1. The van der Waals surface area contributed by atoms with Gasteiger partial charge in [0.25, 0.3) is 0 Å². The second-order valence-corrected chi connectivity index (χ2v) is 5.58. The predicted molar refractivity (Wildman–Crippen MR) is 85.4 cm³/mol. The fourth-order valence-corrected chi connectivity index (χ4v) is 2.81. The van der Waals surface area contributed by atoms with Gasteiger partial charge in [-0.05, 0) is 6.07 Å². The molecule has 0 saturated carbocycles. The molecule has 1 saturated heterocycles. The molecular weight excluding hydrogens is 318 g/mol. The second kappa shape index (κ2) is 7.03. The van der Waals surface area contributed by atoms with Crippen molar-refractivity contribution in [1.29, 1.82) is 0 Å². The summed E-state index contributed by atoms with van der Waals surface area (Å²) in [6.45, 7) is 3.20. The van der Waals surface area contributed by atoms with Gasteiger partial charge in [0.2, 0.25) is 11.9 Å². The average Bonchev–Trinajstić information content (AvgIpc) is 3.10. The van der Waals surface area contributed by atoms with Crippen molar-refractivity contribution >= 4 is 17.5 Å². The smallest absolute Gasteiger partial charge is 0.243 e. The highest BCUT2D eigenvalue weighted by atomic mass is 35.5. The van der Waals surface area contributed by atoms with Crippen LogP contribution in [-0.4, -0.2) is 63.6 Å². The maximum atomic E-state index is 12.4. The van der Waals surface area contributed by atoms with Gasteiger partial charge in [-0.25, -0.2) is 15.0 Å². The van der Waals surface area contributed by atoms with Gasteiger partial charge in [0.15, 0.2) is 0 Å². The first kappa shape index (κ1) is 15.9. The summed E-state index contributed by atoms with van der Waals surface area (Å²) >= 11 is 6.15. The first-order valence-electron chi connectivity index (χ1n) is 7.38. The summed E-state index contributed by atoms with van der Waals surface area (Å²) in [6.07, 6.45) is 4.96. The molecule has 2 N–H and O–H groups in total. The van der Waals surface area contributed by atoms with Gasteiger partial charge in [0.05, 0.1) is 5.69 Å². The molecule has 1 unspecified atom stereocenters. The topological polar surface area (TPSA) is 88.0 Å². The summed E-state index contributed by atoms with van der Waals surface area (Å²) in [4.78, 5) is 27.2. The van der Waals surface area contributed by atoms with E-state index in [4.69, 9.17) is 11.6 Å². The van der Waals surface area contributed by atoms with Crippen molar-refractivity contribution in [3.8, 4) is 5.95 Å². The summed E-state index contributed by atoms with van der Waals surface area (Å²) < 4.78 is 1.66. The second-order valence-electron chi connectivity index (χ2n) is 5.19. The highest BCUT2D eigenvalue weighted by Crippen LogP contribution is 2.23. The highest BCUT2D eigenvalue weighted by molar-refractivity contribution is 6.29. The van der Waals surface area contributed by atoms with Gasteiger partial charge in [0, 0.05) is 45.6 Å². The zero-order valence-corrected chi connectivity index (χ0v) is 13.5. The van der Waals surface area contributed by atoms with Gasteiger partial charge in [-0.3, -0.25) is 14.3 Å². The zero-order chi connectivity index (χ0) is 16.2. The van der Waals surface area contributed by atoms with Crippen molar-refractivity contribution in [3.63, 3.8) is 0 Å². The molecule has 1 amide bonds. The van der Waals surface area contributed by atoms with E-state index in [1.165, 1.54) is 0 Å². The van der Waals surface area contributed by atoms with Crippen LogP contribution in [0.4, 0.5) is 0 Å². The van der Waals surface area contributed by atoms with Crippen molar-refractivity contribution in [2.24, 2.45) is 0 Å². The lowest BCUT2D eigenvalue weighted by molar-refractivity contribution is -0.126. The van der Waals surface area contributed by atoms with E-state index < -0.39 is 6.04 Å². The van der Waals surface area contributed by atoms with Gasteiger partial charge in [-0.15, -0.1) is 0 Å². The SMILES string of the molecule is CNC(=O)C(c1cc(Cl)nc(-n2ccnc2)n1)N1CCNCC1. The minimum absolute atomic E-state index is 0.113. The first-order valence-corrected chi connectivity index (χ1v) is 7.76. The zero-order valence-electron chi connectivity index (χ0n) is 12.7. The molecule has 0 bridgehead atoms. The molecule has 23 heavy (non-hydrogen) atoms. The van der Waals surface area contributed by atoms with E-state index in [9.17, 15) is 4.79 Å². The standard InChI is InChI=1S/C14H18ClN7O/c1-16-13(23)12(21-5-2-17-3-6-21)10-8-11(15)20-14(19-10)22-7-4-18-9-22/h4,7-9,12,17H,2-3,5-6H2,1H3,(H,16,23). The van der Waals surface area contributed by atoms with Crippen LogP contribution in [0.5, 0.6) is 0 Å². The molecule has 1 fully saturated rings. The Kier molecular flexibility index (Phi) is 4.85. The summed E-state index contributed by atoms with van der Waals surface area (Å²) in [7, 11) is 1.62. The number of hydrogen-bond donors (Lipinski definition) is 2. The van der Waals surface area contributed by atoms with E-state index >= 15 is 0 Å². The highest BCUT2D eigenvalue weighted by Gasteiger charge is 2.30. The van der Waals surface area contributed by atoms with Gasteiger partial charge >= 0.3 is 0 Å². The quantitative estimate of drug-likeness (QED) is 0.765. The van der Waals surface area contributed by atoms with Gasteiger partial charge in [-0.2, -0.15) is 0 Å². The monoisotopic (exact) mass is 335 g/mol. The fraction of sp³-hybridized carbons (Fsp3) is 0.429. The van der Waals surface area contributed by atoms with Crippen LogP contribution in [0.2, 0.25) is 5.15 Å². The summed E-state index contributed by atoms with van der Waals surface area (Å²) in [5.41, 5.74) is 0.579. The van der Waals surface area contributed by atoms with E-state index in [2.05, 4.69) is 30.5 Å². The Morgan fingerprint density at radius 3 is 2.83 bits per heavy atom. The van der Waals surface area contributed by atoms with Crippen molar-refractivity contribution in [3.05, 3.63) is 35.6 Å². The number of aromatic nitrogens is 4. The fourth-order valence-electron chi connectivity index (χ4n) is 2.62. The molecule has 8 nitrogen and oxygen atoms in total. The normalized spacial score (nSPS) is 17.0. The number of hydrogen-bond acceptors (Lipinski definition) is 6. The molecule has 9 heteroatoms. The van der Waals surface area contributed by atoms with E-state index in [0.717, 1.165) is 26.2 Å². The van der Waals surface area contributed by atoms with Crippen LogP contribution in [0.3, 0.4) is 0 Å². The minimum Gasteiger partial charge on any atom is -0.357 e. The Bertz CT molecular complexity index is 670. The van der Waals surface area contributed by atoms with E-state index in [0.29, 0.717) is 16.8 Å². The molecule has 122 valence electrons.